The summed E-state index contributed by atoms with van der Waals surface area (Å²) in [6, 6.07) is 4.07. The van der Waals surface area contributed by atoms with Crippen LogP contribution >= 0.6 is 11.3 Å². The second kappa shape index (κ2) is 5.61. The van der Waals surface area contributed by atoms with Crippen LogP contribution in [0.2, 0.25) is 0 Å². The highest BCUT2D eigenvalue weighted by molar-refractivity contribution is 7.15. The van der Waals surface area contributed by atoms with Gasteiger partial charge in [-0.25, -0.2) is 4.98 Å². The number of rotatable bonds is 3. The Morgan fingerprint density at radius 1 is 1.43 bits per heavy atom. The van der Waals surface area contributed by atoms with Crippen LogP contribution in [0.1, 0.15) is 15.9 Å². The molecule has 2 heterocycles. The molecule has 0 fully saturated rings. The van der Waals surface area contributed by atoms with Crippen molar-refractivity contribution in [2.75, 3.05) is 5.32 Å². The monoisotopic (exact) mass is 330 g/mol. The van der Waals surface area contributed by atoms with Crippen LogP contribution in [-0.2, 0) is 0 Å². The molecule has 0 atom stereocenters. The van der Waals surface area contributed by atoms with Gasteiger partial charge in [0.15, 0.2) is 4.96 Å². The zero-order valence-corrected chi connectivity index (χ0v) is 12.7. The summed E-state index contributed by atoms with van der Waals surface area (Å²) >= 11 is 1.29. The normalized spacial score (nSPS) is 10.7. The standard InChI is InChI=1S/C14H10N4O4S/c1-8-6-9(18(21)22)2-3-11(8)16-12(19)10-7-15-14-17(13(10)20)4-5-23-14/h2-7H,1H3,(H,16,19). The van der Waals surface area contributed by atoms with Crippen LogP contribution in [0.25, 0.3) is 4.96 Å². The van der Waals surface area contributed by atoms with Crippen molar-refractivity contribution in [3.63, 3.8) is 0 Å². The van der Waals surface area contributed by atoms with Gasteiger partial charge >= 0.3 is 0 Å². The molecule has 0 aliphatic rings. The van der Waals surface area contributed by atoms with Crippen LogP contribution in [0.15, 0.2) is 40.8 Å². The average Bonchev–Trinajstić information content (AvgIpc) is 2.98. The summed E-state index contributed by atoms with van der Waals surface area (Å²) in [5.74, 6) is -0.611. The van der Waals surface area contributed by atoms with Crippen molar-refractivity contribution in [2.45, 2.75) is 6.92 Å². The molecule has 0 aliphatic carbocycles. The van der Waals surface area contributed by atoms with Gasteiger partial charge in [0.05, 0.1) is 4.92 Å². The zero-order valence-electron chi connectivity index (χ0n) is 11.8. The Morgan fingerprint density at radius 3 is 2.91 bits per heavy atom. The van der Waals surface area contributed by atoms with Gasteiger partial charge in [-0.3, -0.25) is 24.1 Å². The van der Waals surface area contributed by atoms with Crippen LogP contribution < -0.4 is 10.9 Å². The van der Waals surface area contributed by atoms with E-state index >= 15 is 0 Å². The fraction of sp³-hybridized carbons (Fsp3) is 0.0714. The predicted molar refractivity (Wildman–Crippen MR) is 85.1 cm³/mol. The van der Waals surface area contributed by atoms with Crippen molar-refractivity contribution in [1.82, 2.24) is 9.38 Å². The lowest BCUT2D eigenvalue weighted by Gasteiger charge is -2.07. The number of amides is 1. The number of non-ortho nitro benzene ring substituents is 1. The zero-order chi connectivity index (χ0) is 16.6. The molecule has 0 unspecified atom stereocenters. The van der Waals surface area contributed by atoms with Crippen molar-refractivity contribution < 1.29 is 9.72 Å². The number of nitro groups is 1. The number of nitrogens with zero attached hydrogens (tertiary/aromatic N) is 3. The van der Waals surface area contributed by atoms with Gasteiger partial charge in [0.1, 0.15) is 5.56 Å². The van der Waals surface area contributed by atoms with Crippen molar-refractivity contribution in [3.05, 3.63) is 67.6 Å². The number of nitro benzene ring substituents is 1. The summed E-state index contributed by atoms with van der Waals surface area (Å²) in [7, 11) is 0. The van der Waals surface area contributed by atoms with Gasteiger partial charge in [-0.1, -0.05) is 0 Å². The molecule has 9 heteroatoms. The Bertz CT molecular complexity index is 992. The summed E-state index contributed by atoms with van der Waals surface area (Å²) in [5.41, 5.74) is 0.293. The smallest absolute Gasteiger partial charge is 0.271 e. The minimum absolute atomic E-state index is 0.0677. The number of aryl methyl sites for hydroxylation is 1. The molecule has 0 bridgehead atoms. The largest absolute Gasteiger partial charge is 0.322 e. The summed E-state index contributed by atoms with van der Waals surface area (Å²) in [4.78, 5) is 39.3. The van der Waals surface area contributed by atoms with Gasteiger partial charge < -0.3 is 5.32 Å². The molecule has 1 aromatic carbocycles. The Morgan fingerprint density at radius 2 is 2.22 bits per heavy atom. The first kappa shape index (κ1) is 14.9. The van der Waals surface area contributed by atoms with E-state index < -0.39 is 16.4 Å². The number of anilines is 1. The van der Waals surface area contributed by atoms with E-state index in [-0.39, 0.29) is 11.3 Å². The average molecular weight is 330 g/mol. The SMILES string of the molecule is Cc1cc([N+](=O)[O-])ccc1NC(=O)c1cnc2sccn2c1=O. The molecule has 3 aromatic rings. The highest BCUT2D eigenvalue weighted by atomic mass is 32.1. The highest BCUT2D eigenvalue weighted by Crippen LogP contribution is 2.21. The molecule has 1 N–H and O–H groups in total. The van der Waals surface area contributed by atoms with E-state index in [1.165, 1.54) is 40.1 Å². The van der Waals surface area contributed by atoms with E-state index in [1.54, 1.807) is 18.5 Å². The van der Waals surface area contributed by atoms with E-state index in [1.807, 2.05) is 0 Å². The molecular weight excluding hydrogens is 320 g/mol. The first-order chi connectivity index (χ1) is 11.0. The molecule has 2 aromatic heterocycles. The maximum Gasteiger partial charge on any atom is 0.271 e. The lowest BCUT2D eigenvalue weighted by atomic mass is 10.1. The fourth-order valence-electron chi connectivity index (χ4n) is 2.07. The number of nitrogens with one attached hydrogen (secondary N) is 1. The van der Waals surface area contributed by atoms with Crippen LogP contribution in [0.4, 0.5) is 11.4 Å². The Labute approximate surface area is 133 Å². The number of hydrogen-bond acceptors (Lipinski definition) is 6. The minimum atomic E-state index is -0.611. The molecule has 0 radical (unpaired) electrons. The number of thiazole rings is 1. The molecule has 1 amide bonds. The number of carbonyl (C=O) groups is 1. The first-order valence-corrected chi connectivity index (χ1v) is 7.36. The first-order valence-electron chi connectivity index (χ1n) is 6.48. The number of fused-ring (bicyclic) bond motifs is 1. The van der Waals surface area contributed by atoms with Crippen molar-refractivity contribution >= 4 is 33.6 Å². The molecule has 116 valence electrons. The maximum absolute atomic E-state index is 12.3. The summed E-state index contributed by atoms with van der Waals surface area (Å²) < 4.78 is 1.29. The van der Waals surface area contributed by atoms with Gasteiger partial charge in [-0.05, 0) is 18.6 Å². The molecule has 0 saturated heterocycles. The van der Waals surface area contributed by atoms with E-state index in [4.69, 9.17) is 0 Å². The quantitative estimate of drug-likeness (QED) is 0.585. The van der Waals surface area contributed by atoms with Crippen LogP contribution in [0.5, 0.6) is 0 Å². The highest BCUT2D eigenvalue weighted by Gasteiger charge is 2.16. The number of aromatic nitrogens is 2. The molecular formula is C14H10N4O4S. The van der Waals surface area contributed by atoms with E-state index in [0.29, 0.717) is 16.2 Å². The van der Waals surface area contributed by atoms with Gasteiger partial charge in [0, 0.05) is 35.6 Å². The van der Waals surface area contributed by atoms with Crippen LogP contribution in [0, 0.1) is 17.0 Å². The number of carbonyl (C=O) groups excluding carboxylic acids is 1. The number of benzene rings is 1. The number of hydrogen-bond donors (Lipinski definition) is 1. The summed E-state index contributed by atoms with van der Waals surface area (Å²) in [6.45, 7) is 1.63. The van der Waals surface area contributed by atoms with Gasteiger partial charge in [0.2, 0.25) is 0 Å². The summed E-state index contributed by atoms with van der Waals surface area (Å²) in [5, 5.41) is 15.0. The third-order valence-corrected chi connectivity index (χ3v) is 4.03. The Kier molecular flexibility index (Phi) is 3.62. The lowest BCUT2D eigenvalue weighted by molar-refractivity contribution is -0.384. The van der Waals surface area contributed by atoms with Gasteiger partial charge in [-0.15, -0.1) is 11.3 Å². The third-order valence-electron chi connectivity index (χ3n) is 3.26. The van der Waals surface area contributed by atoms with Crippen molar-refractivity contribution in [2.24, 2.45) is 0 Å². The van der Waals surface area contributed by atoms with Gasteiger partial charge in [0.25, 0.3) is 17.2 Å². The Balaban J connectivity index is 1.93. The second-order valence-electron chi connectivity index (χ2n) is 4.74. The molecule has 0 aliphatic heterocycles. The molecule has 0 spiro atoms. The molecule has 3 rings (SSSR count). The van der Waals surface area contributed by atoms with E-state index in [9.17, 15) is 19.7 Å². The van der Waals surface area contributed by atoms with Crippen LogP contribution in [0.3, 0.4) is 0 Å². The molecule has 8 nitrogen and oxygen atoms in total. The second-order valence-corrected chi connectivity index (χ2v) is 5.62. The minimum Gasteiger partial charge on any atom is -0.322 e. The summed E-state index contributed by atoms with van der Waals surface area (Å²) in [6.07, 6.45) is 2.77. The van der Waals surface area contributed by atoms with Crippen LogP contribution in [-0.4, -0.2) is 20.2 Å². The molecule has 23 heavy (non-hydrogen) atoms. The predicted octanol–water partition coefficient (Wildman–Crippen LogP) is 2.22. The van der Waals surface area contributed by atoms with Gasteiger partial charge in [-0.2, -0.15) is 0 Å². The maximum atomic E-state index is 12.3. The van der Waals surface area contributed by atoms with E-state index in [2.05, 4.69) is 10.3 Å². The lowest BCUT2D eigenvalue weighted by Crippen LogP contribution is -2.26. The molecule has 0 saturated carbocycles. The van der Waals surface area contributed by atoms with Crippen molar-refractivity contribution in [3.8, 4) is 0 Å². The van der Waals surface area contributed by atoms with E-state index in [0.717, 1.165) is 0 Å². The topological polar surface area (TPSA) is 107 Å². The third kappa shape index (κ3) is 2.69. The fourth-order valence-corrected chi connectivity index (χ4v) is 2.75. The van der Waals surface area contributed by atoms with Crippen molar-refractivity contribution in [1.29, 1.82) is 0 Å². The Hall–Kier alpha value is -3.07.